The lowest BCUT2D eigenvalue weighted by Crippen LogP contribution is -2.40. The molecule has 3 unspecified atom stereocenters. The highest BCUT2D eigenvalue weighted by molar-refractivity contribution is 7.47. The Bertz CT molecular complexity index is 474. The Morgan fingerprint density at radius 2 is 1.28 bits per heavy atom. The summed E-state index contributed by atoms with van der Waals surface area (Å²) >= 11 is 0. The molecule has 1 amide bonds. The first kappa shape index (κ1) is 26.6. The molecule has 0 aromatic heterocycles. The Morgan fingerprint density at radius 1 is 0.793 bits per heavy atom. The maximum absolute atomic E-state index is 12.4. The molecule has 0 radical (unpaired) electrons. The van der Waals surface area contributed by atoms with E-state index in [1.807, 2.05) is 0 Å². The molecule has 0 aromatic rings. The zero-order valence-corrected chi connectivity index (χ0v) is 19.6. The second-order valence-electron chi connectivity index (χ2n) is 8.31. The van der Waals surface area contributed by atoms with Crippen molar-refractivity contribution >= 4 is 13.7 Å². The quantitative estimate of drug-likeness (QED) is 0.197. The van der Waals surface area contributed by atoms with Gasteiger partial charge in [0.2, 0.25) is 0 Å². The molecule has 0 aliphatic carbocycles. The summed E-state index contributed by atoms with van der Waals surface area (Å²) in [6, 6.07) is 0. The summed E-state index contributed by atoms with van der Waals surface area (Å²) in [5.41, 5.74) is 0. The van der Waals surface area contributed by atoms with Crippen LogP contribution in [-0.2, 0) is 18.4 Å². The Kier molecular flexibility index (Phi) is 15.0. The van der Waals surface area contributed by atoms with Crippen LogP contribution in [0.15, 0.2) is 0 Å². The SMILES string of the molecule is CCCCCCCCCCNC(=O)C1OP(=O)(O)OC1CCCCCCCCC. The zero-order chi connectivity index (χ0) is 21.4. The van der Waals surface area contributed by atoms with Crippen molar-refractivity contribution in [2.24, 2.45) is 0 Å². The van der Waals surface area contributed by atoms with Crippen molar-refractivity contribution < 1.29 is 23.3 Å². The summed E-state index contributed by atoms with van der Waals surface area (Å²) in [4.78, 5) is 22.1. The molecular formula is C22H44NO5P. The highest BCUT2D eigenvalue weighted by Crippen LogP contribution is 2.53. The molecule has 1 rings (SSSR count). The third kappa shape index (κ3) is 12.8. The molecule has 0 spiro atoms. The number of phosphoric ester groups is 1. The van der Waals surface area contributed by atoms with E-state index in [9.17, 15) is 14.3 Å². The van der Waals surface area contributed by atoms with Crippen molar-refractivity contribution in [1.82, 2.24) is 5.32 Å². The number of hydrogen-bond donors (Lipinski definition) is 2. The maximum Gasteiger partial charge on any atom is 0.473 e. The van der Waals surface area contributed by atoms with Gasteiger partial charge in [0.25, 0.3) is 5.91 Å². The summed E-state index contributed by atoms with van der Waals surface area (Å²) in [5.74, 6) is -0.326. The largest absolute Gasteiger partial charge is 0.473 e. The van der Waals surface area contributed by atoms with Gasteiger partial charge in [-0.1, -0.05) is 104 Å². The molecule has 1 heterocycles. The lowest BCUT2D eigenvalue weighted by Gasteiger charge is -2.15. The minimum Gasteiger partial charge on any atom is -0.354 e. The number of carbonyl (C=O) groups excluding carboxylic acids is 1. The van der Waals surface area contributed by atoms with Gasteiger partial charge in [0.15, 0.2) is 6.10 Å². The standard InChI is InChI=1S/C22H44NO5P/c1-3-5-7-9-11-13-15-17-19-23-22(24)21-20(27-29(25,26)28-21)18-16-14-12-10-8-6-4-2/h20-21H,3-19H2,1-2H3,(H,23,24)(H,25,26). The van der Waals surface area contributed by atoms with Crippen LogP contribution in [0.4, 0.5) is 0 Å². The summed E-state index contributed by atoms with van der Waals surface area (Å²) in [6.45, 7) is 4.99. The van der Waals surface area contributed by atoms with E-state index in [2.05, 4.69) is 19.2 Å². The molecule has 0 aromatic carbocycles. The minimum atomic E-state index is -4.10. The average molecular weight is 434 g/mol. The lowest BCUT2D eigenvalue weighted by molar-refractivity contribution is -0.129. The number of unbranched alkanes of at least 4 members (excludes halogenated alkanes) is 13. The highest BCUT2D eigenvalue weighted by Gasteiger charge is 2.47. The van der Waals surface area contributed by atoms with Gasteiger partial charge < -0.3 is 10.2 Å². The van der Waals surface area contributed by atoms with Gasteiger partial charge in [-0.25, -0.2) is 4.57 Å². The first-order chi connectivity index (χ1) is 14.0. The first-order valence-electron chi connectivity index (χ1n) is 12.0. The molecule has 7 heteroatoms. The summed E-state index contributed by atoms with van der Waals surface area (Å²) in [7, 11) is -4.10. The fourth-order valence-electron chi connectivity index (χ4n) is 3.76. The van der Waals surface area contributed by atoms with Gasteiger partial charge in [0.05, 0.1) is 0 Å². The van der Waals surface area contributed by atoms with E-state index >= 15 is 0 Å². The van der Waals surface area contributed by atoms with Crippen LogP contribution in [0.5, 0.6) is 0 Å². The van der Waals surface area contributed by atoms with Crippen LogP contribution in [0.2, 0.25) is 0 Å². The number of phosphoric acid groups is 1. The third-order valence-electron chi connectivity index (χ3n) is 5.53. The Labute approximate surface area is 178 Å². The van der Waals surface area contributed by atoms with Crippen molar-refractivity contribution in [3.63, 3.8) is 0 Å². The second-order valence-corrected chi connectivity index (χ2v) is 9.67. The fourth-order valence-corrected chi connectivity index (χ4v) is 4.88. The van der Waals surface area contributed by atoms with Gasteiger partial charge in [-0.3, -0.25) is 13.8 Å². The molecular weight excluding hydrogens is 389 g/mol. The van der Waals surface area contributed by atoms with E-state index in [0.29, 0.717) is 13.0 Å². The van der Waals surface area contributed by atoms with Gasteiger partial charge in [0, 0.05) is 6.54 Å². The predicted octanol–water partition coefficient (Wildman–Crippen LogP) is 6.27. The lowest BCUT2D eigenvalue weighted by atomic mass is 10.0. The normalized spacial score (nSPS) is 24.1. The number of carbonyl (C=O) groups is 1. The van der Waals surface area contributed by atoms with Gasteiger partial charge in [-0.15, -0.1) is 0 Å². The topological polar surface area (TPSA) is 84.9 Å². The summed E-state index contributed by atoms with van der Waals surface area (Å²) in [5, 5.41) is 2.85. The molecule has 1 fully saturated rings. The Hall–Kier alpha value is -0.420. The second kappa shape index (κ2) is 16.3. The predicted molar refractivity (Wildman–Crippen MR) is 118 cm³/mol. The van der Waals surface area contributed by atoms with Crippen LogP contribution >= 0.6 is 7.82 Å². The number of nitrogens with one attached hydrogen (secondary N) is 1. The molecule has 172 valence electrons. The van der Waals surface area contributed by atoms with Crippen molar-refractivity contribution in [1.29, 1.82) is 0 Å². The van der Waals surface area contributed by atoms with Gasteiger partial charge >= 0.3 is 7.82 Å². The van der Waals surface area contributed by atoms with Crippen molar-refractivity contribution in [2.75, 3.05) is 6.54 Å². The minimum absolute atomic E-state index is 0.326. The molecule has 29 heavy (non-hydrogen) atoms. The molecule has 6 nitrogen and oxygen atoms in total. The van der Waals surface area contributed by atoms with Crippen molar-refractivity contribution in [3.05, 3.63) is 0 Å². The number of rotatable bonds is 18. The molecule has 0 saturated carbocycles. The van der Waals surface area contributed by atoms with Gasteiger partial charge in [-0.2, -0.15) is 0 Å². The Balaban J connectivity index is 2.19. The molecule has 1 aliphatic rings. The molecule has 3 atom stereocenters. The van der Waals surface area contributed by atoms with E-state index in [4.69, 9.17) is 9.05 Å². The van der Waals surface area contributed by atoms with Crippen LogP contribution in [0.25, 0.3) is 0 Å². The highest BCUT2D eigenvalue weighted by atomic mass is 31.2. The van der Waals surface area contributed by atoms with Crippen LogP contribution in [0.3, 0.4) is 0 Å². The van der Waals surface area contributed by atoms with Crippen LogP contribution in [0.1, 0.15) is 117 Å². The van der Waals surface area contributed by atoms with E-state index in [0.717, 1.165) is 32.1 Å². The fraction of sp³-hybridized carbons (Fsp3) is 0.955. The maximum atomic E-state index is 12.4. The number of amides is 1. The van der Waals surface area contributed by atoms with E-state index in [1.165, 1.54) is 64.2 Å². The first-order valence-corrected chi connectivity index (χ1v) is 13.5. The van der Waals surface area contributed by atoms with Crippen LogP contribution in [-0.4, -0.2) is 29.6 Å². The Morgan fingerprint density at radius 3 is 1.83 bits per heavy atom. The van der Waals surface area contributed by atoms with Crippen molar-refractivity contribution in [2.45, 2.75) is 129 Å². The summed E-state index contributed by atoms with van der Waals surface area (Å²) < 4.78 is 22.0. The van der Waals surface area contributed by atoms with Crippen molar-refractivity contribution in [3.8, 4) is 0 Å². The average Bonchev–Trinajstić information content (AvgIpc) is 3.00. The molecule has 1 aliphatic heterocycles. The smallest absolute Gasteiger partial charge is 0.354 e. The van der Waals surface area contributed by atoms with E-state index in [-0.39, 0.29) is 5.91 Å². The van der Waals surface area contributed by atoms with Gasteiger partial charge in [-0.05, 0) is 12.8 Å². The van der Waals surface area contributed by atoms with E-state index < -0.39 is 20.0 Å². The third-order valence-corrected chi connectivity index (χ3v) is 6.56. The van der Waals surface area contributed by atoms with Crippen LogP contribution < -0.4 is 5.32 Å². The number of hydrogen-bond acceptors (Lipinski definition) is 4. The monoisotopic (exact) mass is 433 g/mol. The zero-order valence-electron chi connectivity index (χ0n) is 18.7. The van der Waals surface area contributed by atoms with E-state index in [1.54, 1.807) is 0 Å². The molecule has 0 bridgehead atoms. The van der Waals surface area contributed by atoms with Crippen LogP contribution in [0, 0.1) is 0 Å². The molecule has 1 saturated heterocycles. The summed E-state index contributed by atoms with van der Waals surface area (Å²) in [6.07, 6.45) is 16.7. The van der Waals surface area contributed by atoms with Gasteiger partial charge in [0.1, 0.15) is 6.10 Å². The molecule has 2 N–H and O–H groups in total.